The molecule has 9 nitrogen and oxygen atoms in total. The summed E-state index contributed by atoms with van der Waals surface area (Å²) in [4.78, 5) is 0. The molecule has 4 aliphatic carbocycles. The SMILES string of the molecule is C=C1[C@@H]2CC[C@@H]3C[C@@]2(C[C@H](O)[C@@]2(O)[C@H]1C[C@H](O[C@@H]1O[C@H](CO)[C@@H](O)[C@H](O)[C@H]1O)C2(C)C)C[C@@]3(C)O. The highest BCUT2D eigenvalue weighted by atomic mass is 16.7. The maximum Gasteiger partial charge on any atom is 0.186 e. The zero-order valence-electron chi connectivity index (χ0n) is 20.9. The van der Waals surface area contributed by atoms with Gasteiger partial charge in [-0.25, -0.2) is 0 Å². The first-order valence-electron chi connectivity index (χ1n) is 13.0. The van der Waals surface area contributed by atoms with Gasteiger partial charge in [0.05, 0.1) is 24.4 Å². The molecule has 35 heavy (non-hydrogen) atoms. The first-order valence-corrected chi connectivity index (χ1v) is 13.0. The molecular weight excluding hydrogens is 456 g/mol. The lowest BCUT2D eigenvalue weighted by atomic mass is 9.63. The first kappa shape index (κ1) is 26.0. The molecule has 200 valence electrons. The fourth-order valence-electron chi connectivity index (χ4n) is 8.71. The summed E-state index contributed by atoms with van der Waals surface area (Å²) in [5, 5.41) is 75.2. The monoisotopic (exact) mass is 498 g/mol. The van der Waals surface area contributed by atoms with Gasteiger partial charge in [-0.05, 0) is 62.7 Å². The normalized spacial score (nSPS) is 57.5. The second-order valence-electron chi connectivity index (χ2n) is 12.9. The minimum Gasteiger partial charge on any atom is -0.394 e. The molecule has 0 aromatic heterocycles. The van der Waals surface area contributed by atoms with E-state index in [0.29, 0.717) is 19.3 Å². The van der Waals surface area contributed by atoms with Gasteiger partial charge in [0.1, 0.15) is 30.0 Å². The van der Waals surface area contributed by atoms with E-state index in [2.05, 4.69) is 6.58 Å². The van der Waals surface area contributed by atoms with Crippen LogP contribution in [0.2, 0.25) is 0 Å². The predicted molar refractivity (Wildman–Crippen MR) is 124 cm³/mol. The molecule has 0 aromatic carbocycles. The predicted octanol–water partition coefficient (Wildman–Crippen LogP) is -0.173. The molecule has 1 saturated heterocycles. The van der Waals surface area contributed by atoms with Gasteiger partial charge in [0, 0.05) is 11.3 Å². The third-order valence-corrected chi connectivity index (χ3v) is 10.8. The van der Waals surface area contributed by atoms with Gasteiger partial charge in [0.25, 0.3) is 0 Å². The summed E-state index contributed by atoms with van der Waals surface area (Å²) in [7, 11) is 0. The van der Waals surface area contributed by atoms with Gasteiger partial charge in [-0.15, -0.1) is 0 Å². The molecule has 13 atom stereocenters. The number of hydrogen-bond donors (Lipinski definition) is 7. The van der Waals surface area contributed by atoms with Crippen LogP contribution in [0.25, 0.3) is 0 Å². The Morgan fingerprint density at radius 3 is 2.31 bits per heavy atom. The van der Waals surface area contributed by atoms with Crippen LogP contribution >= 0.6 is 0 Å². The lowest BCUT2D eigenvalue weighted by Gasteiger charge is -2.47. The van der Waals surface area contributed by atoms with Crippen LogP contribution in [-0.4, -0.2) is 96.5 Å². The van der Waals surface area contributed by atoms with E-state index in [0.717, 1.165) is 24.8 Å². The summed E-state index contributed by atoms with van der Waals surface area (Å²) in [5.74, 6) is -0.210. The third-order valence-electron chi connectivity index (χ3n) is 10.8. The van der Waals surface area contributed by atoms with Crippen molar-refractivity contribution in [3.63, 3.8) is 0 Å². The highest BCUT2D eigenvalue weighted by molar-refractivity contribution is 5.30. The summed E-state index contributed by atoms with van der Waals surface area (Å²) >= 11 is 0. The van der Waals surface area contributed by atoms with Crippen LogP contribution in [0.5, 0.6) is 0 Å². The summed E-state index contributed by atoms with van der Waals surface area (Å²) < 4.78 is 11.7. The molecule has 5 rings (SSSR count). The number of aliphatic hydroxyl groups is 7. The van der Waals surface area contributed by atoms with Crippen LogP contribution in [0.15, 0.2) is 12.2 Å². The quantitative estimate of drug-likeness (QED) is 0.262. The zero-order valence-corrected chi connectivity index (χ0v) is 20.9. The van der Waals surface area contributed by atoms with Crippen LogP contribution in [0.3, 0.4) is 0 Å². The molecule has 0 unspecified atom stereocenters. The summed E-state index contributed by atoms with van der Waals surface area (Å²) in [5.41, 5.74) is -2.75. The zero-order chi connectivity index (χ0) is 25.7. The number of aliphatic hydroxyl groups excluding tert-OH is 5. The van der Waals surface area contributed by atoms with Crippen molar-refractivity contribution in [1.82, 2.24) is 0 Å². The molecule has 5 fully saturated rings. The van der Waals surface area contributed by atoms with Gasteiger partial charge in [0.15, 0.2) is 6.29 Å². The van der Waals surface area contributed by atoms with Crippen molar-refractivity contribution >= 4 is 0 Å². The van der Waals surface area contributed by atoms with Crippen molar-refractivity contribution < 1.29 is 45.2 Å². The minimum absolute atomic E-state index is 0.0724. The smallest absolute Gasteiger partial charge is 0.186 e. The largest absolute Gasteiger partial charge is 0.394 e. The Kier molecular flexibility index (Phi) is 6.08. The van der Waals surface area contributed by atoms with E-state index in [4.69, 9.17) is 9.47 Å². The maximum atomic E-state index is 12.2. The fraction of sp³-hybridized carbons (Fsp3) is 0.923. The van der Waals surface area contributed by atoms with E-state index in [1.165, 1.54) is 0 Å². The minimum atomic E-state index is -1.56. The summed E-state index contributed by atoms with van der Waals surface area (Å²) in [6.07, 6.45) is -4.90. The van der Waals surface area contributed by atoms with Crippen LogP contribution in [0.1, 0.15) is 59.3 Å². The third kappa shape index (κ3) is 3.47. The molecule has 9 heteroatoms. The van der Waals surface area contributed by atoms with Gasteiger partial charge >= 0.3 is 0 Å². The van der Waals surface area contributed by atoms with Crippen LogP contribution in [0, 0.1) is 28.6 Å². The van der Waals surface area contributed by atoms with Crippen LogP contribution in [0.4, 0.5) is 0 Å². The number of fused-ring (bicyclic) bond motifs is 2. The number of ether oxygens (including phenoxy) is 2. The maximum absolute atomic E-state index is 12.2. The lowest BCUT2D eigenvalue weighted by Crippen LogP contribution is -2.61. The highest BCUT2D eigenvalue weighted by Gasteiger charge is 2.70. The molecule has 2 bridgehead atoms. The molecule has 4 saturated carbocycles. The topological polar surface area (TPSA) is 160 Å². The Morgan fingerprint density at radius 1 is 0.971 bits per heavy atom. The highest BCUT2D eigenvalue weighted by Crippen LogP contribution is 2.69. The van der Waals surface area contributed by atoms with E-state index < -0.39 is 72.1 Å². The van der Waals surface area contributed by atoms with Crippen LogP contribution < -0.4 is 0 Å². The summed E-state index contributed by atoms with van der Waals surface area (Å²) in [6.45, 7) is 9.42. The molecule has 7 N–H and O–H groups in total. The molecule has 5 aliphatic rings. The average Bonchev–Trinajstić information content (AvgIpc) is 3.08. The average molecular weight is 499 g/mol. The molecular formula is C26H42O9. The Morgan fingerprint density at radius 2 is 1.66 bits per heavy atom. The molecule has 0 aromatic rings. The number of hydrogen-bond acceptors (Lipinski definition) is 9. The van der Waals surface area contributed by atoms with Gasteiger partial charge in [-0.2, -0.15) is 0 Å². The molecule has 1 heterocycles. The van der Waals surface area contributed by atoms with Gasteiger partial charge < -0.3 is 45.2 Å². The van der Waals surface area contributed by atoms with Crippen LogP contribution in [-0.2, 0) is 9.47 Å². The molecule has 0 amide bonds. The van der Waals surface area contributed by atoms with E-state index in [1.54, 1.807) is 0 Å². The number of rotatable bonds is 3. The first-order chi connectivity index (χ1) is 16.2. The lowest BCUT2D eigenvalue weighted by molar-refractivity contribution is -0.321. The van der Waals surface area contributed by atoms with Crippen molar-refractivity contribution in [2.45, 2.75) is 113 Å². The van der Waals surface area contributed by atoms with E-state index in [-0.39, 0.29) is 17.3 Å². The second-order valence-corrected chi connectivity index (χ2v) is 12.9. The van der Waals surface area contributed by atoms with Gasteiger partial charge in [-0.1, -0.05) is 26.0 Å². The Labute approximate surface area is 206 Å². The van der Waals surface area contributed by atoms with Crippen molar-refractivity contribution in [1.29, 1.82) is 0 Å². The van der Waals surface area contributed by atoms with E-state index in [9.17, 15) is 35.7 Å². The molecule has 1 aliphatic heterocycles. The van der Waals surface area contributed by atoms with Crippen molar-refractivity contribution in [3.05, 3.63) is 12.2 Å². The van der Waals surface area contributed by atoms with Crippen molar-refractivity contribution in [2.75, 3.05) is 6.61 Å². The van der Waals surface area contributed by atoms with E-state index in [1.807, 2.05) is 20.8 Å². The Bertz CT molecular complexity index is 858. The Balaban J connectivity index is 1.44. The van der Waals surface area contributed by atoms with Crippen molar-refractivity contribution in [3.8, 4) is 0 Å². The molecule has 0 radical (unpaired) electrons. The standard InChI is InChI=1S/C26H42O9/c1-12-14-6-5-13-8-25(14,11-24(13,4)32)9-17(28)26(33)15(12)7-18(23(26,2)3)35-22-21(31)20(30)19(29)16(10-27)34-22/h13-22,27-33H,1,5-11H2,2-4H3/t13-,14+,15+,16-,17+,18+,19-,20+,21-,22+,24-,25-,26+/m1/s1. The van der Waals surface area contributed by atoms with E-state index >= 15 is 0 Å². The molecule has 1 spiro atoms. The fourth-order valence-corrected chi connectivity index (χ4v) is 8.71. The summed E-state index contributed by atoms with van der Waals surface area (Å²) in [6, 6.07) is 0. The van der Waals surface area contributed by atoms with Gasteiger partial charge in [-0.3, -0.25) is 0 Å². The second kappa shape index (κ2) is 8.19. The van der Waals surface area contributed by atoms with Gasteiger partial charge in [0.2, 0.25) is 0 Å². The van der Waals surface area contributed by atoms with Crippen molar-refractivity contribution in [2.24, 2.45) is 28.6 Å². The Hall–Kier alpha value is -0.620.